The van der Waals surface area contributed by atoms with Gasteiger partial charge in [-0.05, 0) is 24.5 Å². The minimum atomic E-state index is -0.429. The molecule has 0 bridgehead atoms. The van der Waals surface area contributed by atoms with Gasteiger partial charge in [0.25, 0.3) is 5.69 Å². The van der Waals surface area contributed by atoms with E-state index in [1.54, 1.807) is 6.07 Å². The van der Waals surface area contributed by atoms with Crippen LogP contribution in [-0.4, -0.2) is 11.2 Å². The topological polar surface area (TPSA) is 52.4 Å². The Morgan fingerprint density at radius 2 is 1.89 bits per heavy atom. The molecular formula is C13H11NO3S. The average molecular weight is 261 g/mol. The van der Waals surface area contributed by atoms with E-state index in [1.807, 2.05) is 36.6 Å². The third kappa shape index (κ3) is 2.81. The lowest BCUT2D eigenvalue weighted by molar-refractivity contribution is -0.385. The van der Waals surface area contributed by atoms with Crippen LogP contribution in [0.2, 0.25) is 0 Å². The summed E-state index contributed by atoms with van der Waals surface area (Å²) in [5.41, 5.74) is 0.0266. The zero-order valence-corrected chi connectivity index (χ0v) is 10.5. The molecule has 2 aromatic carbocycles. The van der Waals surface area contributed by atoms with Crippen LogP contribution in [0.1, 0.15) is 0 Å². The molecule has 0 fully saturated rings. The van der Waals surface area contributed by atoms with Gasteiger partial charge in [-0.25, -0.2) is 0 Å². The van der Waals surface area contributed by atoms with Crippen LogP contribution in [0, 0.1) is 10.1 Å². The highest BCUT2D eigenvalue weighted by Gasteiger charge is 2.12. The van der Waals surface area contributed by atoms with Crippen LogP contribution in [0.5, 0.6) is 11.5 Å². The Morgan fingerprint density at radius 3 is 2.50 bits per heavy atom. The summed E-state index contributed by atoms with van der Waals surface area (Å²) in [5.74, 6) is 1.16. The molecule has 0 aromatic heterocycles. The van der Waals surface area contributed by atoms with Crippen molar-refractivity contribution in [2.24, 2.45) is 0 Å². The molecule has 0 aliphatic carbocycles. The summed E-state index contributed by atoms with van der Waals surface area (Å²) in [5, 5.41) is 10.7. The number of nitro benzene ring substituents is 1. The van der Waals surface area contributed by atoms with Crippen LogP contribution in [0.3, 0.4) is 0 Å². The molecule has 0 saturated heterocycles. The summed E-state index contributed by atoms with van der Waals surface area (Å²) in [6, 6.07) is 13.8. The number of nitro groups is 1. The Labute approximate surface area is 109 Å². The second kappa shape index (κ2) is 5.55. The Hall–Kier alpha value is -2.01. The fraction of sp³-hybridized carbons (Fsp3) is 0.0769. The maximum absolute atomic E-state index is 10.7. The van der Waals surface area contributed by atoms with E-state index in [9.17, 15) is 10.1 Å². The Kier molecular flexibility index (Phi) is 3.84. The van der Waals surface area contributed by atoms with Gasteiger partial charge in [-0.3, -0.25) is 10.1 Å². The first-order valence-corrected chi connectivity index (χ1v) is 6.48. The Bertz CT molecular complexity index is 557. The zero-order chi connectivity index (χ0) is 13.0. The minimum Gasteiger partial charge on any atom is -0.456 e. The first-order chi connectivity index (χ1) is 8.70. The fourth-order valence-corrected chi connectivity index (χ4v) is 1.98. The number of rotatable bonds is 4. The lowest BCUT2D eigenvalue weighted by Crippen LogP contribution is -1.91. The summed E-state index contributed by atoms with van der Waals surface area (Å²) in [6.07, 6.45) is 1.90. The van der Waals surface area contributed by atoms with E-state index in [4.69, 9.17) is 4.74 Å². The summed E-state index contributed by atoms with van der Waals surface area (Å²) < 4.78 is 5.67. The lowest BCUT2D eigenvalue weighted by Gasteiger charge is -2.09. The maximum atomic E-state index is 10.7. The zero-order valence-electron chi connectivity index (χ0n) is 9.70. The third-order valence-corrected chi connectivity index (χ3v) is 3.11. The fourth-order valence-electron chi connectivity index (χ4n) is 1.47. The monoisotopic (exact) mass is 261 g/mol. The summed E-state index contributed by atoms with van der Waals surface area (Å²) in [7, 11) is 0. The molecule has 4 nitrogen and oxygen atoms in total. The van der Waals surface area contributed by atoms with Gasteiger partial charge < -0.3 is 4.74 Å². The van der Waals surface area contributed by atoms with Gasteiger partial charge in [-0.2, -0.15) is 0 Å². The number of hydrogen-bond acceptors (Lipinski definition) is 4. The van der Waals surface area contributed by atoms with E-state index in [-0.39, 0.29) is 5.69 Å². The molecule has 2 rings (SSSR count). The number of benzene rings is 2. The van der Waals surface area contributed by atoms with Crippen molar-refractivity contribution in [1.82, 2.24) is 0 Å². The first kappa shape index (κ1) is 12.4. The summed E-state index contributed by atoms with van der Waals surface area (Å²) >= 11 is 1.49. The maximum Gasteiger partial charge on any atom is 0.273 e. The molecule has 2 aromatic rings. The largest absolute Gasteiger partial charge is 0.456 e. The van der Waals surface area contributed by atoms with Crippen molar-refractivity contribution < 1.29 is 9.66 Å². The van der Waals surface area contributed by atoms with Crippen LogP contribution in [-0.2, 0) is 0 Å². The van der Waals surface area contributed by atoms with Crippen molar-refractivity contribution in [2.45, 2.75) is 4.90 Å². The van der Waals surface area contributed by atoms with Gasteiger partial charge in [-0.1, -0.05) is 18.2 Å². The minimum absolute atomic E-state index is 0.0266. The number of ether oxygens (including phenoxy) is 1. The molecule has 0 spiro atoms. The van der Waals surface area contributed by atoms with Crippen LogP contribution < -0.4 is 4.74 Å². The van der Waals surface area contributed by atoms with E-state index in [0.717, 1.165) is 4.90 Å². The first-order valence-electron chi connectivity index (χ1n) is 5.26. The van der Waals surface area contributed by atoms with E-state index in [2.05, 4.69) is 0 Å². The number of thioether (sulfide) groups is 1. The highest BCUT2D eigenvalue weighted by molar-refractivity contribution is 7.98. The van der Waals surface area contributed by atoms with Crippen molar-refractivity contribution in [3.63, 3.8) is 0 Å². The third-order valence-electron chi connectivity index (χ3n) is 2.33. The SMILES string of the molecule is CSc1ccc([N+](=O)[O-])cc1Oc1ccccc1. The van der Waals surface area contributed by atoms with Crippen molar-refractivity contribution in [3.05, 3.63) is 58.6 Å². The van der Waals surface area contributed by atoms with E-state index in [0.29, 0.717) is 11.5 Å². The molecule has 0 aliphatic rings. The van der Waals surface area contributed by atoms with Crippen molar-refractivity contribution in [3.8, 4) is 11.5 Å². The molecule has 5 heteroatoms. The molecule has 0 radical (unpaired) electrons. The molecule has 0 amide bonds. The van der Waals surface area contributed by atoms with E-state index in [1.165, 1.54) is 23.9 Å². The molecular weight excluding hydrogens is 250 g/mol. The van der Waals surface area contributed by atoms with Gasteiger partial charge in [0, 0.05) is 6.07 Å². The van der Waals surface area contributed by atoms with Gasteiger partial charge in [0.05, 0.1) is 15.9 Å². The summed E-state index contributed by atoms with van der Waals surface area (Å²) in [4.78, 5) is 11.2. The van der Waals surface area contributed by atoms with Crippen LogP contribution >= 0.6 is 11.8 Å². The summed E-state index contributed by atoms with van der Waals surface area (Å²) in [6.45, 7) is 0. The van der Waals surface area contributed by atoms with Crippen molar-refractivity contribution >= 4 is 17.4 Å². The van der Waals surface area contributed by atoms with E-state index >= 15 is 0 Å². The molecule has 92 valence electrons. The van der Waals surface area contributed by atoms with Crippen molar-refractivity contribution in [1.29, 1.82) is 0 Å². The molecule has 0 N–H and O–H groups in total. The number of hydrogen-bond donors (Lipinski definition) is 0. The molecule has 0 unspecified atom stereocenters. The van der Waals surface area contributed by atoms with Crippen LogP contribution in [0.15, 0.2) is 53.4 Å². The molecule has 18 heavy (non-hydrogen) atoms. The number of non-ortho nitro benzene ring substituents is 1. The molecule has 0 aliphatic heterocycles. The van der Waals surface area contributed by atoms with Crippen LogP contribution in [0.25, 0.3) is 0 Å². The van der Waals surface area contributed by atoms with Crippen molar-refractivity contribution in [2.75, 3.05) is 6.26 Å². The van der Waals surface area contributed by atoms with Gasteiger partial charge in [-0.15, -0.1) is 11.8 Å². The average Bonchev–Trinajstić information content (AvgIpc) is 2.39. The highest BCUT2D eigenvalue weighted by atomic mass is 32.2. The quantitative estimate of drug-likeness (QED) is 0.472. The molecule has 0 atom stereocenters. The molecule has 0 saturated carbocycles. The van der Waals surface area contributed by atoms with Crippen LogP contribution in [0.4, 0.5) is 5.69 Å². The highest BCUT2D eigenvalue weighted by Crippen LogP contribution is 2.34. The smallest absolute Gasteiger partial charge is 0.273 e. The number of para-hydroxylation sites is 1. The van der Waals surface area contributed by atoms with Gasteiger partial charge >= 0.3 is 0 Å². The predicted octanol–water partition coefficient (Wildman–Crippen LogP) is 4.11. The van der Waals surface area contributed by atoms with Gasteiger partial charge in [0.15, 0.2) is 0 Å². The number of nitrogens with zero attached hydrogens (tertiary/aromatic N) is 1. The Balaban J connectivity index is 2.35. The Morgan fingerprint density at radius 1 is 1.17 bits per heavy atom. The molecule has 0 heterocycles. The normalized spacial score (nSPS) is 10.1. The second-order valence-corrected chi connectivity index (χ2v) is 4.36. The second-order valence-electron chi connectivity index (χ2n) is 3.51. The lowest BCUT2D eigenvalue weighted by atomic mass is 10.3. The predicted molar refractivity (Wildman–Crippen MR) is 71.4 cm³/mol. The standard InChI is InChI=1S/C13H11NO3S/c1-18-13-8-7-10(14(15)16)9-12(13)17-11-5-3-2-4-6-11/h2-9H,1H3. The van der Waals surface area contributed by atoms with Gasteiger partial charge in [0.2, 0.25) is 0 Å². The van der Waals surface area contributed by atoms with Gasteiger partial charge in [0.1, 0.15) is 11.5 Å². The van der Waals surface area contributed by atoms with E-state index < -0.39 is 4.92 Å².